The zero-order valence-corrected chi connectivity index (χ0v) is 10.1. The molecule has 0 spiro atoms. The number of nitrogen functional groups attached to an aromatic ring is 1. The standard InChI is InChI=1S/C12H14FN5/c1-7-10(13)5-8(6-11(7)14)12-15-16-17-18(12)9-3-2-4-9/h5-6,9H,2-4,14H2,1H3. The number of rotatable bonds is 2. The quantitative estimate of drug-likeness (QED) is 0.825. The monoisotopic (exact) mass is 247 g/mol. The highest BCUT2D eigenvalue weighted by Gasteiger charge is 2.24. The number of halogens is 1. The van der Waals surface area contributed by atoms with Crippen molar-refractivity contribution in [3.63, 3.8) is 0 Å². The summed E-state index contributed by atoms with van der Waals surface area (Å²) in [5, 5.41) is 11.7. The van der Waals surface area contributed by atoms with Gasteiger partial charge in [-0.15, -0.1) is 5.10 Å². The summed E-state index contributed by atoms with van der Waals surface area (Å²) in [5.41, 5.74) is 7.30. The first-order chi connectivity index (χ1) is 8.66. The van der Waals surface area contributed by atoms with Gasteiger partial charge in [-0.3, -0.25) is 0 Å². The van der Waals surface area contributed by atoms with E-state index in [1.165, 1.54) is 12.5 Å². The zero-order chi connectivity index (χ0) is 12.7. The van der Waals surface area contributed by atoms with Gasteiger partial charge in [-0.25, -0.2) is 9.07 Å². The van der Waals surface area contributed by atoms with Crippen LogP contribution in [-0.4, -0.2) is 20.2 Å². The van der Waals surface area contributed by atoms with Crippen LogP contribution < -0.4 is 5.73 Å². The smallest absolute Gasteiger partial charge is 0.182 e. The molecule has 1 aliphatic rings. The third-order valence-electron chi connectivity index (χ3n) is 3.56. The van der Waals surface area contributed by atoms with Crippen LogP contribution in [0, 0.1) is 12.7 Å². The summed E-state index contributed by atoms with van der Waals surface area (Å²) in [6.07, 6.45) is 3.33. The second kappa shape index (κ2) is 4.04. The van der Waals surface area contributed by atoms with Gasteiger partial charge in [0.1, 0.15) is 5.82 Å². The molecular formula is C12H14FN5. The summed E-state index contributed by atoms with van der Waals surface area (Å²) in [6, 6.07) is 3.49. The molecule has 94 valence electrons. The van der Waals surface area contributed by atoms with Crippen LogP contribution in [0.15, 0.2) is 12.1 Å². The lowest BCUT2D eigenvalue weighted by atomic mass is 9.93. The number of tetrazole rings is 1. The summed E-state index contributed by atoms with van der Waals surface area (Å²) in [6.45, 7) is 1.66. The van der Waals surface area contributed by atoms with Crippen LogP contribution in [0.4, 0.5) is 10.1 Å². The molecule has 1 heterocycles. The van der Waals surface area contributed by atoms with Gasteiger partial charge < -0.3 is 5.73 Å². The van der Waals surface area contributed by atoms with Crippen molar-refractivity contribution in [3.05, 3.63) is 23.5 Å². The van der Waals surface area contributed by atoms with E-state index in [9.17, 15) is 4.39 Å². The molecule has 0 unspecified atom stereocenters. The normalized spacial score (nSPS) is 15.7. The van der Waals surface area contributed by atoms with E-state index in [0.29, 0.717) is 28.7 Å². The summed E-state index contributed by atoms with van der Waals surface area (Å²) < 4.78 is 15.5. The maximum absolute atomic E-state index is 13.7. The number of hydrogen-bond acceptors (Lipinski definition) is 4. The molecule has 3 rings (SSSR count). The van der Waals surface area contributed by atoms with Crippen molar-refractivity contribution in [2.75, 3.05) is 5.73 Å². The Hall–Kier alpha value is -1.98. The number of hydrogen-bond donors (Lipinski definition) is 1. The van der Waals surface area contributed by atoms with Crippen LogP contribution in [0.1, 0.15) is 30.9 Å². The molecule has 1 fully saturated rings. The Morgan fingerprint density at radius 2 is 2.17 bits per heavy atom. The summed E-state index contributed by atoms with van der Waals surface area (Å²) in [5.74, 6) is 0.262. The highest BCUT2D eigenvalue weighted by molar-refractivity contribution is 5.64. The lowest BCUT2D eigenvalue weighted by molar-refractivity contribution is 0.287. The topological polar surface area (TPSA) is 69.6 Å². The molecule has 0 amide bonds. The third kappa shape index (κ3) is 1.64. The van der Waals surface area contributed by atoms with Gasteiger partial charge in [-0.2, -0.15) is 0 Å². The fourth-order valence-electron chi connectivity index (χ4n) is 2.09. The Bertz CT molecular complexity index is 565. The molecule has 0 atom stereocenters. The summed E-state index contributed by atoms with van der Waals surface area (Å²) in [7, 11) is 0. The van der Waals surface area contributed by atoms with Gasteiger partial charge in [-0.1, -0.05) is 0 Å². The number of aromatic nitrogens is 4. The Morgan fingerprint density at radius 1 is 1.39 bits per heavy atom. The van der Waals surface area contributed by atoms with Gasteiger partial charge in [0, 0.05) is 16.8 Å². The van der Waals surface area contributed by atoms with E-state index in [1.54, 1.807) is 17.7 Å². The number of nitrogens with zero attached hydrogens (tertiary/aromatic N) is 4. The van der Waals surface area contributed by atoms with Crippen LogP contribution in [0.5, 0.6) is 0 Å². The molecule has 0 saturated heterocycles. The van der Waals surface area contributed by atoms with Gasteiger partial charge in [-0.05, 0) is 48.7 Å². The molecule has 1 saturated carbocycles. The van der Waals surface area contributed by atoms with Crippen molar-refractivity contribution in [2.24, 2.45) is 0 Å². The highest BCUT2D eigenvalue weighted by Crippen LogP contribution is 2.34. The largest absolute Gasteiger partial charge is 0.398 e. The van der Waals surface area contributed by atoms with Crippen LogP contribution in [0.2, 0.25) is 0 Å². The molecule has 1 aliphatic carbocycles. The fraction of sp³-hybridized carbons (Fsp3) is 0.417. The van der Waals surface area contributed by atoms with Gasteiger partial charge in [0.2, 0.25) is 0 Å². The zero-order valence-electron chi connectivity index (χ0n) is 10.1. The van der Waals surface area contributed by atoms with Crippen molar-refractivity contribution < 1.29 is 4.39 Å². The minimum Gasteiger partial charge on any atom is -0.398 e. The van der Waals surface area contributed by atoms with E-state index in [4.69, 9.17) is 5.73 Å². The SMILES string of the molecule is Cc1c(N)cc(-c2nnnn2C2CCC2)cc1F. The van der Waals surface area contributed by atoms with E-state index in [0.717, 1.165) is 12.8 Å². The van der Waals surface area contributed by atoms with Crippen molar-refractivity contribution in [1.29, 1.82) is 0 Å². The van der Waals surface area contributed by atoms with Gasteiger partial charge in [0.05, 0.1) is 6.04 Å². The first-order valence-corrected chi connectivity index (χ1v) is 6.00. The minimum atomic E-state index is -0.326. The Labute approximate surface area is 104 Å². The van der Waals surface area contributed by atoms with Crippen LogP contribution in [0.3, 0.4) is 0 Å². The Balaban J connectivity index is 2.07. The molecule has 5 nitrogen and oxygen atoms in total. The van der Waals surface area contributed by atoms with Gasteiger partial charge in [0.15, 0.2) is 5.82 Å². The Morgan fingerprint density at radius 3 is 2.78 bits per heavy atom. The van der Waals surface area contributed by atoms with Crippen molar-refractivity contribution >= 4 is 5.69 Å². The molecule has 0 aliphatic heterocycles. The van der Waals surface area contributed by atoms with Crippen molar-refractivity contribution in [1.82, 2.24) is 20.2 Å². The average molecular weight is 247 g/mol. The number of anilines is 1. The van der Waals surface area contributed by atoms with Crippen LogP contribution in [0.25, 0.3) is 11.4 Å². The first-order valence-electron chi connectivity index (χ1n) is 6.00. The minimum absolute atomic E-state index is 0.326. The first kappa shape index (κ1) is 11.1. The predicted octanol–water partition coefficient (Wildman–Crippen LogP) is 2.09. The molecule has 0 bridgehead atoms. The number of nitrogens with two attached hydrogens (primary N) is 1. The lowest BCUT2D eigenvalue weighted by Crippen LogP contribution is -2.19. The molecule has 0 radical (unpaired) electrons. The molecule has 2 aromatic rings. The van der Waals surface area contributed by atoms with E-state index in [-0.39, 0.29) is 5.82 Å². The second-order valence-electron chi connectivity index (χ2n) is 4.70. The number of benzene rings is 1. The second-order valence-corrected chi connectivity index (χ2v) is 4.70. The van der Waals surface area contributed by atoms with Crippen LogP contribution >= 0.6 is 0 Å². The maximum Gasteiger partial charge on any atom is 0.182 e. The summed E-state index contributed by atoms with van der Waals surface area (Å²) >= 11 is 0. The maximum atomic E-state index is 13.7. The van der Waals surface area contributed by atoms with Gasteiger partial charge >= 0.3 is 0 Å². The molecule has 18 heavy (non-hydrogen) atoms. The lowest BCUT2D eigenvalue weighted by Gasteiger charge is -2.25. The average Bonchev–Trinajstić information content (AvgIpc) is 2.71. The molecule has 2 N–H and O–H groups in total. The van der Waals surface area contributed by atoms with E-state index in [2.05, 4.69) is 15.5 Å². The van der Waals surface area contributed by atoms with E-state index >= 15 is 0 Å². The van der Waals surface area contributed by atoms with Crippen molar-refractivity contribution in [3.8, 4) is 11.4 Å². The molecular weight excluding hydrogens is 233 g/mol. The van der Waals surface area contributed by atoms with E-state index < -0.39 is 0 Å². The fourth-order valence-corrected chi connectivity index (χ4v) is 2.09. The highest BCUT2D eigenvalue weighted by atomic mass is 19.1. The van der Waals surface area contributed by atoms with Gasteiger partial charge in [0.25, 0.3) is 0 Å². The molecule has 1 aromatic heterocycles. The molecule has 6 heteroatoms. The third-order valence-corrected chi connectivity index (χ3v) is 3.56. The molecule has 1 aromatic carbocycles. The van der Waals surface area contributed by atoms with Crippen molar-refractivity contribution in [2.45, 2.75) is 32.2 Å². The Kier molecular flexibility index (Phi) is 2.50. The van der Waals surface area contributed by atoms with E-state index in [1.807, 2.05) is 0 Å². The summed E-state index contributed by atoms with van der Waals surface area (Å²) in [4.78, 5) is 0. The predicted molar refractivity (Wildman–Crippen MR) is 65.2 cm³/mol. The van der Waals surface area contributed by atoms with Crippen LogP contribution in [-0.2, 0) is 0 Å².